The molecule has 50 valence electrons. The quantitative estimate of drug-likeness (QED) is 0.406. The van der Waals surface area contributed by atoms with Crippen molar-refractivity contribution in [2.24, 2.45) is 10.9 Å². The number of rotatable bonds is 2. The lowest BCUT2D eigenvalue weighted by atomic mass is 9.81. The average Bonchev–Trinajstić information content (AvgIpc) is 1.60. The van der Waals surface area contributed by atoms with Gasteiger partial charge in [0, 0.05) is 0 Å². The summed E-state index contributed by atoms with van der Waals surface area (Å²) < 4.78 is 0. The van der Waals surface area contributed by atoms with Gasteiger partial charge >= 0.3 is 0 Å². The molecule has 1 unspecified atom stereocenters. The molecule has 1 fully saturated rings. The fourth-order valence-corrected chi connectivity index (χ4v) is 1.11. The number of hydrogen-bond acceptors (Lipinski definition) is 2. The normalized spacial score (nSPS) is 21.9. The van der Waals surface area contributed by atoms with E-state index in [0.717, 1.165) is 0 Å². The Morgan fingerprint density at radius 3 is 2.67 bits per heavy atom. The summed E-state index contributed by atoms with van der Waals surface area (Å²) in [6.45, 7) is 1.98. The Bertz CT molecular complexity index is 134. The van der Waals surface area contributed by atoms with Crippen molar-refractivity contribution in [3.05, 3.63) is 0 Å². The second-order valence-corrected chi connectivity index (χ2v) is 2.65. The van der Waals surface area contributed by atoms with E-state index in [1.807, 2.05) is 6.92 Å². The van der Waals surface area contributed by atoms with Gasteiger partial charge in [-0.25, -0.2) is 9.79 Å². The molecule has 2 nitrogen and oxygen atoms in total. The highest BCUT2D eigenvalue weighted by Gasteiger charge is 2.22. The van der Waals surface area contributed by atoms with E-state index in [-0.39, 0.29) is 6.04 Å². The van der Waals surface area contributed by atoms with Crippen molar-refractivity contribution in [2.75, 3.05) is 0 Å². The van der Waals surface area contributed by atoms with Crippen LogP contribution in [0.3, 0.4) is 0 Å². The summed E-state index contributed by atoms with van der Waals surface area (Å²) in [4.78, 5) is 13.4. The molecule has 0 bridgehead atoms. The molecule has 0 N–H and O–H groups in total. The van der Waals surface area contributed by atoms with Crippen LogP contribution in [0.25, 0.3) is 0 Å². The minimum Gasteiger partial charge on any atom is -0.211 e. The zero-order valence-electron chi connectivity index (χ0n) is 5.63. The lowest BCUT2D eigenvalue weighted by molar-refractivity contribution is 0.274. The molecule has 0 heterocycles. The van der Waals surface area contributed by atoms with Crippen LogP contribution < -0.4 is 0 Å². The van der Waals surface area contributed by atoms with Crippen LogP contribution in [0.15, 0.2) is 4.99 Å². The molecule has 0 saturated heterocycles. The van der Waals surface area contributed by atoms with E-state index in [9.17, 15) is 4.79 Å². The van der Waals surface area contributed by atoms with Crippen LogP contribution in [0.2, 0.25) is 0 Å². The zero-order chi connectivity index (χ0) is 6.69. The zero-order valence-corrected chi connectivity index (χ0v) is 5.63. The van der Waals surface area contributed by atoms with Gasteiger partial charge < -0.3 is 0 Å². The molecule has 0 aliphatic heterocycles. The summed E-state index contributed by atoms with van der Waals surface area (Å²) in [5, 5.41) is 0. The van der Waals surface area contributed by atoms with Crippen molar-refractivity contribution in [1.82, 2.24) is 0 Å². The second-order valence-electron chi connectivity index (χ2n) is 2.65. The topological polar surface area (TPSA) is 29.4 Å². The van der Waals surface area contributed by atoms with Gasteiger partial charge in [0.2, 0.25) is 6.08 Å². The molecule has 0 aromatic heterocycles. The molecule has 1 rings (SSSR count). The van der Waals surface area contributed by atoms with E-state index in [4.69, 9.17) is 0 Å². The van der Waals surface area contributed by atoms with Gasteiger partial charge in [0.15, 0.2) is 0 Å². The van der Waals surface area contributed by atoms with Gasteiger partial charge in [-0.15, -0.1) is 0 Å². The second kappa shape index (κ2) is 2.79. The van der Waals surface area contributed by atoms with Gasteiger partial charge in [-0.05, 0) is 25.7 Å². The van der Waals surface area contributed by atoms with Gasteiger partial charge in [-0.2, -0.15) is 0 Å². The van der Waals surface area contributed by atoms with Crippen molar-refractivity contribution < 1.29 is 4.79 Å². The number of nitrogens with zero attached hydrogens (tertiary/aromatic N) is 1. The lowest BCUT2D eigenvalue weighted by Gasteiger charge is -2.27. The number of hydrogen-bond donors (Lipinski definition) is 0. The average molecular weight is 125 g/mol. The van der Waals surface area contributed by atoms with Crippen molar-refractivity contribution in [3.63, 3.8) is 0 Å². The van der Waals surface area contributed by atoms with Gasteiger partial charge in [-0.3, -0.25) is 0 Å². The highest BCUT2D eigenvalue weighted by molar-refractivity contribution is 5.33. The maximum absolute atomic E-state index is 9.77. The minimum absolute atomic E-state index is 0.219. The summed E-state index contributed by atoms with van der Waals surface area (Å²) in [6, 6.07) is 0.219. The van der Waals surface area contributed by atoms with E-state index in [1.54, 1.807) is 6.08 Å². The fourth-order valence-electron chi connectivity index (χ4n) is 1.11. The van der Waals surface area contributed by atoms with E-state index in [0.29, 0.717) is 5.92 Å². The van der Waals surface area contributed by atoms with E-state index in [1.165, 1.54) is 19.3 Å². The molecule has 0 radical (unpaired) electrons. The van der Waals surface area contributed by atoms with Gasteiger partial charge in [0.25, 0.3) is 0 Å². The van der Waals surface area contributed by atoms with Crippen LogP contribution >= 0.6 is 0 Å². The first-order valence-electron chi connectivity index (χ1n) is 3.41. The summed E-state index contributed by atoms with van der Waals surface area (Å²) in [5.74, 6) is 0.673. The number of isocyanates is 1. The maximum atomic E-state index is 9.77. The minimum atomic E-state index is 0.219. The maximum Gasteiger partial charge on any atom is 0.235 e. The summed E-state index contributed by atoms with van der Waals surface area (Å²) >= 11 is 0. The third-order valence-corrected chi connectivity index (χ3v) is 2.09. The molecule has 0 spiro atoms. The molecule has 1 atom stereocenters. The van der Waals surface area contributed by atoms with Crippen LogP contribution in [0.5, 0.6) is 0 Å². The highest BCUT2D eigenvalue weighted by Crippen LogP contribution is 2.30. The number of aliphatic imine (C=N–C) groups is 1. The van der Waals surface area contributed by atoms with Crippen LogP contribution in [-0.2, 0) is 4.79 Å². The largest absolute Gasteiger partial charge is 0.235 e. The van der Waals surface area contributed by atoms with Crippen molar-refractivity contribution in [1.29, 1.82) is 0 Å². The first kappa shape index (κ1) is 6.50. The van der Waals surface area contributed by atoms with Crippen molar-refractivity contribution >= 4 is 6.08 Å². The third-order valence-electron chi connectivity index (χ3n) is 2.09. The van der Waals surface area contributed by atoms with Crippen molar-refractivity contribution in [2.45, 2.75) is 32.2 Å². The standard InChI is InChI=1S/C7H11NO/c1-6(8-5-9)7-3-2-4-7/h6-7H,2-4H2,1H3. The first-order valence-corrected chi connectivity index (χ1v) is 3.41. The van der Waals surface area contributed by atoms with Crippen LogP contribution in [-0.4, -0.2) is 12.1 Å². The fraction of sp³-hybridized carbons (Fsp3) is 0.857. The first-order chi connectivity index (χ1) is 4.34. The molecule has 0 aromatic carbocycles. The van der Waals surface area contributed by atoms with E-state index < -0.39 is 0 Å². The Morgan fingerprint density at radius 2 is 2.33 bits per heavy atom. The van der Waals surface area contributed by atoms with Crippen LogP contribution in [0.1, 0.15) is 26.2 Å². The summed E-state index contributed by atoms with van der Waals surface area (Å²) in [7, 11) is 0. The SMILES string of the molecule is CC(N=C=O)C1CCC1. The molecule has 9 heavy (non-hydrogen) atoms. The lowest BCUT2D eigenvalue weighted by Crippen LogP contribution is -2.22. The Kier molecular flexibility index (Phi) is 2.01. The summed E-state index contributed by atoms with van der Waals surface area (Å²) in [6.07, 6.45) is 5.39. The Morgan fingerprint density at radius 1 is 1.67 bits per heavy atom. The smallest absolute Gasteiger partial charge is 0.211 e. The predicted molar refractivity (Wildman–Crippen MR) is 34.9 cm³/mol. The number of carbonyl (C=O) groups excluding carboxylic acids is 1. The third kappa shape index (κ3) is 1.39. The summed E-state index contributed by atoms with van der Waals surface area (Å²) in [5.41, 5.74) is 0. The van der Waals surface area contributed by atoms with E-state index >= 15 is 0 Å². The van der Waals surface area contributed by atoms with Gasteiger partial charge in [0.05, 0.1) is 6.04 Å². The Labute approximate surface area is 55.0 Å². The van der Waals surface area contributed by atoms with E-state index in [2.05, 4.69) is 4.99 Å². The molecule has 0 aromatic rings. The molecule has 2 heteroatoms. The predicted octanol–water partition coefficient (Wildman–Crippen LogP) is 1.51. The highest BCUT2D eigenvalue weighted by atomic mass is 16.1. The van der Waals surface area contributed by atoms with Crippen LogP contribution in [0.4, 0.5) is 0 Å². The molecule has 1 aliphatic carbocycles. The molecule has 1 saturated carbocycles. The Balaban J connectivity index is 2.31. The molecular formula is C7H11NO. The van der Waals surface area contributed by atoms with Crippen LogP contribution in [0, 0.1) is 5.92 Å². The van der Waals surface area contributed by atoms with Gasteiger partial charge in [-0.1, -0.05) is 6.42 Å². The molecule has 1 aliphatic rings. The Hall–Kier alpha value is -0.620. The molecule has 0 amide bonds. The van der Waals surface area contributed by atoms with Gasteiger partial charge in [0.1, 0.15) is 0 Å². The van der Waals surface area contributed by atoms with Crippen molar-refractivity contribution in [3.8, 4) is 0 Å². The monoisotopic (exact) mass is 125 g/mol. The molecular weight excluding hydrogens is 114 g/mol.